The quantitative estimate of drug-likeness (QED) is 0.204. The lowest BCUT2D eigenvalue weighted by Gasteiger charge is -2.17. The van der Waals surface area contributed by atoms with E-state index in [9.17, 15) is 0 Å². The van der Waals surface area contributed by atoms with E-state index in [-0.39, 0.29) is 0 Å². The Morgan fingerprint density at radius 1 is 0.375 bits per heavy atom. The summed E-state index contributed by atoms with van der Waals surface area (Å²) in [5, 5.41) is 10.1. The third-order valence-corrected chi connectivity index (χ3v) is 9.39. The minimum Gasteiger partial charge on any atom is -0.456 e. The van der Waals surface area contributed by atoms with Crippen molar-refractivity contribution in [2.24, 2.45) is 0 Å². The standard InChI is InChI=1S/C38H22OS/c1-2-10-23(11-3-1)35-25-12-4-6-14-27(25)36(28-15-7-5-13-26(28)35)24-18-20-33-30(22-24)38-34(40-33)21-19-32-37(38)29-16-8-9-17-31(29)39-32/h1-22H. The minimum atomic E-state index is 0.939. The summed E-state index contributed by atoms with van der Waals surface area (Å²) in [5.41, 5.74) is 6.95. The molecule has 0 N–H and O–H groups in total. The van der Waals surface area contributed by atoms with E-state index < -0.39 is 0 Å². The lowest BCUT2D eigenvalue weighted by molar-refractivity contribution is 0.669. The molecule has 0 aliphatic carbocycles. The first-order valence-electron chi connectivity index (χ1n) is 13.6. The second-order valence-electron chi connectivity index (χ2n) is 10.4. The van der Waals surface area contributed by atoms with Crippen LogP contribution < -0.4 is 0 Å². The summed E-state index contributed by atoms with van der Waals surface area (Å²) in [6.07, 6.45) is 0. The Kier molecular flexibility index (Phi) is 4.55. The second kappa shape index (κ2) is 8.29. The van der Waals surface area contributed by atoms with Crippen molar-refractivity contribution in [1.82, 2.24) is 0 Å². The maximum absolute atomic E-state index is 6.27. The molecule has 9 rings (SSSR count). The van der Waals surface area contributed by atoms with Crippen LogP contribution in [0.15, 0.2) is 138 Å². The zero-order valence-electron chi connectivity index (χ0n) is 21.5. The Bertz CT molecular complexity index is 2370. The predicted octanol–water partition coefficient (Wildman–Crippen LogP) is 11.6. The first-order chi connectivity index (χ1) is 19.8. The van der Waals surface area contributed by atoms with E-state index in [4.69, 9.17) is 4.42 Å². The van der Waals surface area contributed by atoms with Gasteiger partial charge < -0.3 is 4.42 Å². The van der Waals surface area contributed by atoms with Gasteiger partial charge in [0.25, 0.3) is 0 Å². The molecule has 0 fully saturated rings. The zero-order chi connectivity index (χ0) is 26.2. The van der Waals surface area contributed by atoms with Crippen LogP contribution in [-0.4, -0.2) is 0 Å². The van der Waals surface area contributed by atoms with Crippen LogP contribution in [0.3, 0.4) is 0 Å². The highest BCUT2D eigenvalue weighted by molar-refractivity contribution is 7.26. The molecular weight excluding hydrogens is 504 g/mol. The number of para-hydroxylation sites is 1. The highest BCUT2D eigenvalue weighted by Crippen LogP contribution is 2.47. The number of thiophene rings is 1. The molecule has 2 heteroatoms. The van der Waals surface area contributed by atoms with Gasteiger partial charge in [0, 0.05) is 30.9 Å². The Balaban J connectivity index is 1.42. The molecule has 2 heterocycles. The van der Waals surface area contributed by atoms with Crippen molar-refractivity contribution in [2.75, 3.05) is 0 Å². The summed E-state index contributed by atoms with van der Waals surface area (Å²) in [4.78, 5) is 0. The third kappa shape index (κ3) is 3.03. The van der Waals surface area contributed by atoms with E-state index in [0.717, 1.165) is 11.2 Å². The first kappa shape index (κ1) is 22.0. The summed E-state index contributed by atoms with van der Waals surface area (Å²) in [5.74, 6) is 0. The molecule has 0 unspecified atom stereocenters. The van der Waals surface area contributed by atoms with E-state index in [1.165, 1.54) is 74.7 Å². The van der Waals surface area contributed by atoms with Crippen LogP contribution in [0.1, 0.15) is 0 Å². The molecule has 0 amide bonds. The summed E-state index contributed by atoms with van der Waals surface area (Å²) >= 11 is 1.86. The molecule has 7 aromatic carbocycles. The lowest BCUT2D eigenvalue weighted by atomic mass is 9.86. The molecule has 2 aromatic heterocycles. The molecule has 0 bridgehead atoms. The Labute approximate surface area is 234 Å². The van der Waals surface area contributed by atoms with E-state index in [2.05, 4.69) is 127 Å². The van der Waals surface area contributed by atoms with Crippen LogP contribution in [0.2, 0.25) is 0 Å². The van der Waals surface area contributed by atoms with Crippen molar-refractivity contribution >= 4 is 75.0 Å². The van der Waals surface area contributed by atoms with Crippen LogP contribution in [0.25, 0.3) is 85.9 Å². The van der Waals surface area contributed by atoms with E-state index >= 15 is 0 Å². The molecule has 186 valence electrons. The Morgan fingerprint density at radius 3 is 1.65 bits per heavy atom. The fourth-order valence-electron chi connectivity index (χ4n) is 6.59. The summed E-state index contributed by atoms with van der Waals surface area (Å²) < 4.78 is 8.86. The molecule has 0 atom stereocenters. The van der Waals surface area contributed by atoms with E-state index in [1.54, 1.807) is 0 Å². The maximum Gasteiger partial charge on any atom is 0.136 e. The first-order valence-corrected chi connectivity index (χ1v) is 14.4. The SMILES string of the molecule is c1ccc(-c2c3ccccc3c(-c3ccc4sc5ccc6oc7ccccc7c6c5c4c3)c3ccccc23)cc1. The lowest BCUT2D eigenvalue weighted by Crippen LogP contribution is -1.90. The average Bonchev–Trinajstić information content (AvgIpc) is 3.58. The van der Waals surface area contributed by atoms with Gasteiger partial charge >= 0.3 is 0 Å². The molecule has 0 saturated heterocycles. The largest absolute Gasteiger partial charge is 0.456 e. The molecule has 0 radical (unpaired) electrons. The van der Waals surface area contributed by atoms with Gasteiger partial charge in [-0.25, -0.2) is 0 Å². The smallest absolute Gasteiger partial charge is 0.136 e. The molecule has 40 heavy (non-hydrogen) atoms. The fraction of sp³-hybridized carbons (Fsp3) is 0. The van der Waals surface area contributed by atoms with Gasteiger partial charge in [0.1, 0.15) is 11.2 Å². The molecule has 0 aliphatic rings. The van der Waals surface area contributed by atoms with Crippen molar-refractivity contribution in [3.05, 3.63) is 133 Å². The molecule has 0 saturated carbocycles. The molecule has 0 aliphatic heterocycles. The Hall–Kier alpha value is -4.92. The van der Waals surface area contributed by atoms with Crippen LogP contribution in [-0.2, 0) is 0 Å². The normalized spacial score (nSPS) is 12.0. The summed E-state index contributed by atoms with van der Waals surface area (Å²) in [6.45, 7) is 0. The molecular formula is C38H22OS. The van der Waals surface area contributed by atoms with Crippen molar-refractivity contribution in [3.8, 4) is 22.3 Å². The fourth-order valence-corrected chi connectivity index (χ4v) is 7.69. The number of hydrogen-bond donors (Lipinski definition) is 0. The molecule has 1 nitrogen and oxygen atoms in total. The van der Waals surface area contributed by atoms with Crippen LogP contribution in [0, 0.1) is 0 Å². The maximum atomic E-state index is 6.27. The van der Waals surface area contributed by atoms with Gasteiger partial charge in [0.2, 0.25) is 0 Å². The zero-order valence-corrected chi connectivity index (χ0v) is 22.3. The van der Waals surface area contributed by atoms with Crippen molar-refractivity contribution in [3.63, 3.8) is 0 Å². The van der Waals surface area contributed by atoms with E-state index in [0.29, 0.717) is 0 Å². The van der Waals surface area contributed by atoms with Gasteiger partial charge in [0.15, 0.2) is 0 Å². The number of furan rings is 1. The molecule has 9 aromatic rings. The predicted molar refractivity (Wildman–Crippen MR) is 172 cm³/mol. The highest BCUT2D eigenvalue weighted by atomic mass is 32.1. The van der Waals surface area contributed by atoms with Gasteiger partial charge in [-0.15, -0.1) is 11.3 Å². The summed E-state index contributed by atoms with van der Waals surface area (Å²) in [6, 6.07) is 48.3. The number of rotatable bonds is 2. The number of hydrogen-bond acceptors (Lipinski definition) is 2. The van der Waals surface area contributed by atoms with Crippen molar-refractivity contribution < 1.29 is 4.42 Å². The monoisotopic (exact) mass is 526 g/mol. The van der Waals surface area contributed by atoms with Gasteiger partial charge in [0.05, 0.1) is 0 Å². The average molecular weight is 527 g/mol. The van der Waals surface area contributed by atoms with Crippen LogP contribution in [0.4, 0.5) is 0 Å². The van der Waals surface area contributed by atoms with Gasteiger partial charge in [-0.1, -0.05) is 103 Å². The van der Waals surface area contributed by atoms with Crippen molar-refractivity contribution in [1.29, 1.82) is 0 Å². The van der Waals surface area contributed by atoms with Gasteiger partial charge in [-0.05, 0) is 74.1 Å². The van der Waals surface area contributed by atoms with E-state index in [1.807, 2.05) is 17.4 Å². The number of benzene rings is 7. The minimum absolute atomic E-state index is 0.939. The summed E-state index contributed by atoms with van der Waals surface area (Å²) in [7, 11) is 0. The topological polar surface area (TPSA) is 13.1 Å². The number of fused-ring (bicyclic) bond motifs is 9. The van der Waals surface area contributed by atoms with Crippen LogP contribution in [0.5, 0.6) is 0 Å². The second-order valence-corrected chi connectivity index (χ2v) is 11.5. The van der Waals surface area contributed by atoms with Crippen molar-refractivity contribution in [2.45, 2.75) is 0 Å². The van der Waals surface area contributed by atoms with Gasteiger partial charge in [-0.2, -0.15) is 0 Å². The third-order valence-electron chi connectivity index (χ3n) is 8.26. The van der Waals surface area contributed by atoms with Crippen LogP contribution >= 0.6 is 11.3 Å². The molecule has 0 spiro atoms. The van der Waals surface area contributed by atoms with Gasteiger partial charge in [-0.3, -0.25) is 0 Å². The Morgan fingerprint density at radius 2 is 0.950 bits per heavy atom. The highest BCUT2D eigenvalue weighted by Gasteiger charge is 2.19.